The normalized spacial score (nSPS) is 10.2. The Bertz CT molecular complexity index is 642. The fourth-order valence-corrected chi connectivity index (χ4v) is 1.92. The predicted octanol–water partition coefficient (Wildman–Crippen LogP) is 4.27. The molecule has 1 nitrogen and oxygen atoms in total. The minimum absolute atomic E-state index is 0.00356. The first-order valence-corrected chi connectivity index (χ1v) is 5.93. The van der Waals surface area contributed by atoms with Gasteiger partial charge in [-0.2, -0.15) is 5.26 Å². The lowest BCUT2D eigenvalue weighted by Gasteiger charge is -2.07. The van der Waals surface area contributed by atoms with Gasteiger partial charge in [0.2, 0.25) is 0 Å². The Morgan fingerprint density at radius 2 is 1.68 bits per heavy atom. The van der Waals surface area contributed by atoms with Gasteiger partial charge in [0, 0.05) is 0 Å². The third-order valence-corrected chi connectivity index (χ3v) is 2.91. The Morgan fingerprint density at radius 3 is 2.32 bits per heavy atom. The second-order valence-electron chi connectivity index (χ2n) is 4.22. The van der Waals surface area contributed by atoms with E-state index in [4.69, 9.17) is 5.26 Å². The molecule has 0 aliphatic heterocycles. The topological polar surface area (TPSA) is 23.8 Å². The van der Waals surface area contributed by atoms with Crippen molar-refractivity contribution in [3.8, 4) is 17.2 Å². The zero-order chi connectivity index (χ0) is 13.8. The Labute approximate surface area is 111 Å². The summed E-state index contributed by atoms with van der Waals surface area (Å²) in [6.07, 6.45) is 1.14. The molecule has 0 N–H and O–H groups in total. The van der Waals surface area contributed by atoms with Crippen LogP contribution in [0.25, 0.3) is 11.1 Å². The maximum absolute atomic E-state index is 13.6. The average Bonchev–Trinajstić information content (AvgIpc) is 2.41. The molecule has 0 amide bonds. The highest BCUT2D eigenvalue weighted by molar-refractivity contribution is 5.65. The summed E-state index contributed by atoms with van der Waals surface area (Å²) in [5.41, 5.74) is 1.93. The van der Waals surface area contributed by atoms with Crippen LogP contribution >= 0.6 is 0 Å². The fraction of sp³-hybridized carbons (Fsp3) is 0.125. The third-order valence-electron chi connectivity index (χ3n) is 2.91. The molecule has 2 aromatic carbocycles. The van der Waals surface area contributed by atoms with Crippen LogP contribution in [0.5, 0.6) is 0 Å². The molecule has 0 heterocycles. The molecule has 19 heavy (non-hydrogen) atoms. The molecular weight excluding hydrogens is 244 g/mol. The third kappa shape index (κ3) is 2.79. The standard InChI is InChI=1S/C16H12F2N/c1-2-3-13-8-11(6-7-15(13)17)12-4-5-14(10-19)16(18)9-12/h4-9H,1-3H2. The van der Waals surface area contributed by atoms with Crippen LogP contribution in [0.4, 0.5) is 8.78 Å². The Hall–Kier alpha value is -2.21. The van der Waals surface area contributed by atoms with E-state index in [9.17, 15) is 8.78 Å². The molecule has 95 valence electrons. The van der Waals surface area contributed by atoms with Crippen LogP contribution < -0.4 is 0 Å². The second kappa shape index (κ2) is 5.62. The summed E-state index contributed by atoms with van der Waals surface area (Å²) >= 11 is 0. The molecule has 0 fully saturated rings. The molecule has 2 rings (SSSR count). The molecule has 3 heteroatoms. The molecule has 2 aromatic rings. The summed E-state index contributed by atoms with van der Waals surface area (Å²) in [5, 5.41) is 8.68. The number of benzene rings is 2. The zero-order valence-corrected chi connectivity index (χ0v) is 10.3. The molecule has 0 spiro atoms. The van der Waals surface area contributed by atoms with Gasteiger partial charge in [0.05, 0.1) is 5.56 Å². The first kappa shape index (κ1) is 13.2. The van der Waals surface area contributed by atoms with Crippen molar-refractivity contribution in [3.05, 3.63) is 66.1 Å². The van der Waals surface area contributed by atoms with Gasteiger partial charge in [-0.05, 0) is 53.8 Å². The molecule has 0 atom stereocenters. The van der Waals surface area contributed by atoms with E-state index in [2.05, 4.69) is 6.92 Å². The number of nitrogens with zero attached hydrogens (tertiary/aromatic N) is 1. The van der Waals surface area contributed by atoms with Crippen LogP contribution in [0.2, 0.25) is 0 Å². The summed E-state index contributed by atoms with van der Waals surface area (Å²) in [6, 6.07) is 10.8. The van der Waals surface area contributed by atoms with Crippen molar-refractivity contribution in [1.82, 2.24) is 0 Å². The lowest BCUT2D eigenvalue weighted by Crippen LogP contribution is -1.92. The van der Waals surface area contributed by atoms with Crippen LogP contribution in [0.15, 0.2) is 36.4 Å². The van der Waals surface area contributed by atoms with Gasteiger partial charge in [-0.3, -0.25) is 0 Å². The van der Waals surface area contributed by atoms with Gasteiger partial charge in [-0.15, -0.1) is 0 Å². The summed E-state index contributed by atoms with van der Waals surface area (Å²) in [4.78, 5) is 0. The van der Waals surface area contributed by atoms with Crippen molar-refractivity contribution in [2.45, 2.75) is 12.8 Å². The van der Waals surface area contributed by atoms with E-state index >= 15 is 0 Å². The van der Waals surface area contributed by atoms with E-state index in [0.717, 1.165) is 5.56 Å². The molecule has 1 radical (unpaired) electrons. The fourth-order valence-electron chi connectivity index (χ4n) is 1.92. The van der Waals surface area contributed by atoms with Crippen molar-refractivity contribution in [2.75, 3.05) is 0 Å². The number of rotatable bonds is 3. The molecule has 0 aliphatic rings. The van der Waals surface area contributed by atoms with E-state index < -0.39 is 5.82 Å². The molecule has 0 aliphatic carbocycles. The first-order chi connectivity index (χ1) is 9.15. The van der Waals surface area contributed by atoms with Crippen molar-refractivity contribution in [2.24, 2.45) is 0 Å². The van der Waals surface area contributed by atoms with Gasteiger partial charge in [-0.1, -0.05) is 19.1 Å². The minimum Gasteiger partial charge on any atom is -0.207 e. The van der Waals surface area contributed by atoms with Crippen molar-refractivity contribution < 1.29 is 8.78 Å². The Balaban J connectivity index is 2.45. The van der Waals surface area contributed by atoms with E-state index in [1.807, 2.05) is 0 Å². The predicted molar refractivity (Wildman–Crippen MR) is 70.2 cm³/mol. The van der Waals surface area contributed by atoms with Crippen LogP contribution in [-0.2, 0) is 6.42 Å². The molecule has 0 bridgehead atoms. The van der Waals surface area contributed by atoms with Crippen LogP contribution in [0.3, 0.4) is 0 Å². The van der Waals surface area contributed by atoms with Gasteiger partial charge in [-0.25, -0.2) is 8.78 Å². The second-order valence-corrected chi connectivity index (χ2v) is 4.22. The van der Waals surface area contributed by atoms with Gasteiger partial charge in [0.1, 0.15) is 17.7 Å². The highest BCUT2D eigenvalue weighted by Gasteiger charge is 2.07. The van der Waals surface area contributed by atoms with Crippen LogP contribution in [0, 0.1) is 29.9 Å². The maximum atomic E-state index is 13.6. The molecule has 0 saturated carbocycles. The highest BCUT2D eigenvalue weighted by atomic mass is 19.1. The average molecular weight is 256 g/mol. The van der Waals surface area contributed by atoms with Crippen LogP contribution in [0.1, 0.15) is 17.5 Å². The summed E-state index contributed by atoms with van der Waals surface area (Å²) in [5.74, 6) is -0.843. The largest absolute Gasteiger partial charge is 0.207 e. The van der Waals surface area contributed by atoms with E-state index in [1.54, 1.807) is 24.3 Å². The summed E-state index contributed by atoms with van der Waals surface area (Å²) in [7, 11) is 0. The number of nitriles is 1. The molecular formula is C16H12F2N. The Kier molecular flexibility index (Phi) is 3.91. The van der Waals surface area contributed by atoms with E-state index in [1.165, 1.54) is 18.2 Å². The van der Waals surface area contributed by atoms with E-state index in [-0.39, 0.29) is 11.4 Å². The Morgan fingerprint density at radius 1 is 1.00 bits per heavy atom. The molecule has 0 unspecified atom stereocenters. The quantitative estimate of drug-likeness (QED) is 0.804. The van der Waals surface area contributed by atoms with Crippen molar-refractivity contribution in [1.29, 1.82) is 5.26 Å². The van der Waals surface area contributed by atoms with Gasteiger partial charge in [0.25, 0.3) is 0 Å². The monoisotopic (exact) mass is 256 g/mol. The summed E-state index contributed by atoms with van der Waals surface area (Å²) < 4.78 is 27.1. The highest BCUT2D eigenvalue weighted by Crippen LogP contribution is 2.24. The number of halogens is 2. The number of aryl methyl sites for hydroxylation is 1. The summed E-state index contributed by atoms with van der Waals surface area (Å²) in [6.45, 7) is 3.70. The van der Waals surface area contributed by atoms with Gasteiger partial charge < -0.3 is 0 Å². The minimum atomic E-state index is -0.567. The molecule has 0 aromatic heterocycles. The van der Waals surface area contributed by atoms with Gasteiger partial charge >= 0.3 is 0 Å². The first-order valence-electron chi connectivity index (χ1n) is 5.93. The number of hydrogen-bond acceptors (Lipinski definition) is 1. The van der Waals surface area contributed by atoms with Crippen molar-refractivity contribution >= 4 is 0 Å². The van der Waals surface area contributed by atoms with Crippen molar-refractivity contribution in [3.63, 3.8) is 0 Å². The van der Waals surface area contributed by atoms with Gasteiger partial charge in [0.15, 0.2) is 0 Å². The smallest absolute Gasteiger partial charge is 0.141 e. The molecule has 0 saturated heterocycles. The maximum Gasteiger partial charge on any atom is 0.141 e. The lowest BCUT2D eigenvalue weighted by molar-refractivity contribution is 0.609. The van der Waals surface area contributed by atoms with E-state index in [0.29, 0.717) is 24.0 Å². The van der Waals surface area contributed by atoms with Crippen LogP contribution in [-0.4, -0.2) is 0 Å². The lowest BCUT2D eigenvalue weighted by atomic mass is 9.99. The zero-order valence-electron chi connectivity index (χ0n) is 10.3. The SMILES string of the molecule is [CH2]CCc1cc(-c2ccc(C#N)c(F)c2)ccc1F. The number of hydrogen-bond donors (Lipinski definition) is 0.